The van der Waals surface area contributed by atoms with Gasteiger partial charge in [-0.3, -0.25) is 0 Å². The lowest BCUT2D eigenvalue weighted by atomic mass is 9.86. The Hall–Kier alpha value is -3.60. The highest BCUT2D eigenvalue weighted by Crippen LogP contribution is 2.39. The first-order valence-electron chi connectivity index (χ1n) is 11.9. The maximum Gasteiger partial charge on any atom is 0.222 e. The Balaban J connectivity index is 1.31. The van der Waals surface area contributed by atoms with Crippen LogP contribution in [0.25, 0.3) is 11.1 Å². The van der Waals surface area contributed by atoms with Gasteiger partial charge in [-0.25, -0.2) is 0 Å². The fraction of sp³-hybridized carbons (Fsp3) is 0.226. The van der Waals surface area contributed by atoms with Crippen molar-refractivity contribution in [1.82, 2.24) is 0 Å². The molecule has 0 atom stereocenters. The molecule has 35 heavy (non-hydrogen) atoms. The van der Waals surface area contributed by atoms with Crippen LogP contribution in [0, 0.1) is 0 Å². The monoisotopic (exact) mass is 466 g/mol. The SMILES string of the molecule is CC(C)(C)c1ccc(-c2ccc(Oc3ccc(C4(c5ccc(O)cc5)OCCO4)cc3)cc2)cc1. The van der Waals surface area contributed by atoms with Gasteiger partial charge < -0.3 is 19.3 Å². The van der Waals surface area contributed by atoms with Crippen molar-refractivity contribution >= 4 is 0 Å². The summed E-state index contributed by atoms with van der Waals surface area (Å²) in [4.78, 5) is 0. The average Bonchev–Trinajstić information content (AvgIpc) is 3.36. The molecule has 1 N–H and O–H groups in total. The number of hydrogen-bond acceptors (Lipinski definition) is 4. The molecule has 4 aromatic rings. The minimum absolute atomic E-state index is 0.144. The largest absolute Gasteiger partial charge is 0.508 e. The van der Waals surface area contributed by atoms with Gasteiger partial charge in [-0.15, -0.1) is 0 Å². The summed E-state index contributed by atoms with van der Waals surface area (Å²) < 4.78 is 18.2. The maximum atomic E-state index is 9.65. The molecule has 1 heterocycles. The van der Waals surface area contributed by atoms with Gasteiger partial charge in [-0.2, -0.15) is 0 Å². The van der Waals surface area contributed by atoms with Gasteiger partial charge >= 0.3 is 0 Å². The van der Waals surface area contributed by atoms with Gasteiger partial charge in [0.25, 0.3) is 0 Å². The predicted octanol–water partition coefficient (Wildman–Crippen LogP) is 7.40. The molecule has 5 rings (SSSR count). The topological polar surface area (TPSA) is 47.9 Å². The molecule has 0 radical (unpaired) electrons. The van der Waals surface area contributed by atoms with Crippen LogP contribution in [0.4, 0.5) is 0 Å². The van der Waals surface area contributed by atoms with Crippen molar-refractivity contribution in [1.29, 1.82) is 0 Å². The quantitative estimate of drug-likeness (QED) is 0.333. The normalized spacial score (nSPS) is 15.2. The number of ether oxygens (including phenoxy) is 3. The van der Waals surface area contributed by atoms with E-state index in [4.69, 9.17) is 14.2 Å². The maximum absolute atomic E-state index is 9.65. The standard InChI is InChI=1S/C31H30O4/c1-30(2,3)24-8-4-22(5-9-24)23-6-16-28(17-7-23)35-29-18-12-26(13-19-29)31(33-20-21-34-31)25-10-14-27(32)15-11-25/h4-19,32H,20-21H2,1-3H3. The fourth-order valence-electron chi connectivity index (χ4n) is 4.35. The number of benzene rings is 4. The third kappa shape index (κ3) is 4.81. The molecular formula is C31H30O4. The minimum Gasteiger partial charge on any atom is -0.508 e. The Morgan fingerprint density at radius 1 is 0.629 bits per heavy atom. The van der Waals surface area contributed by atoms with E-state index < -0.39 is 5.79 Å². The van der Waals surface area contributed by atoms with Crippen molar-refractivity contribution < 1.29 is 19.3 Å². The van der Waals surface area contributed by atoms with Crippen molar-refractivity contribution in [2.24, 2.45) is 0 Å². The summed E-state index contributed by atoms with van der Waals surface area (Å²) in [7, 11) is 0. The number of phenolic OH excluding ortho intramolecular Hbond substituents is 1. The van der Waals surface area contributed by atoms with Crippen LogP contribution in [0.2, 0.25) is 0 Å². The zero-order valence-electron chi connectivity index (χ0n) is 20.3. The third-order valence-corrected chi connectivity index (χ3v) is 6.35. The summed E-state index contributed by atoms with van der Waals surface area (Å²) in [5, 5.41) is 9.65. The second-order valence-electron chi connectivity index (χ2n) is 9.84. The van der Waals surface area contributed by atoms with E-state index in [0.717, 1.165) is 28.2 Å². The molecule has 0 aromatic heterocycles. The Bertz CT molecular complexity index is 1260. The summed E-state index contributed by atoms with van der Waals surface area (Å²) in [5.74, 6) is 0.735. The molecule has 0 bridgehead atoms. The lowest BCUT2D eigenvalue weighted by Gasteiger charge is -2.28. The summed E-state index contributed by atoms with van der Waals surface area (Å²) in [6.45, 7) is 7.68. The van der Waals surface area contributed by atoms with Gasteiger partial charge in [0.05, 0.1) is 13.2 Å². The van der Waals surface area contributed by atoms with Crippen LogP contribution in [0.5, 0.6) is 17.2 Å². The second-order valence-corrected chi connectivity index (χ2v) is 9.84. The van der Waals surface area contributed by atoms with Crippen molar-refractivity contribution in [3.8, 4) is 28.4 Å². The number of hydrogen-bond donors (Lipinski definition) is 1. The fourth-order valence-corrected chi connectivity index (χ4v) is 4.35. The van der Waals surface area contributed by atoms with E-state index in [1.54, 1.807) is 12.1 Å². The molecule has 0 unspecified atom stereocenters. The summed E-state index contributed by atoms with van der Waals surface area (Å²) in [5.41, 5.74) is 5.52. The van der Waals surface area contributed by atoms with Crippen LogP contribution in [0.15, 0.2) is 97.1 Å². The highest BCUT2D eigenvalue weighted by atomic mass is 16.7. The molecular weight excluding hydrogens is 436 g/mol. The summed E-state index contributed by atoms with van der Waals surface area (Å²) >= 11 is 0. The molecule has 4 heteroatoms. The van der Waals surface area contributed by atoms with E-state index >= 15 is 0 Å². The molecule has 0 amide bonds. The molecule has 1 fully saturated rings. The van der Waals surface area contributed by atoms with Gasteiger partial charge in [0, 0.05) is 11.1 Å². The minimum atomic E-state index is -0.976. The molecule has 1 saturated heterocycles. The van der Waals surface area contributed by atoms with Gasteiger partial charge in [-0.05, 0) is 82.8 Å². The molecule has 0 saturated carbocycles. The van der Waals surface area contributed by atoms with Gasteiger partial charge in [0.1, 0.15) is 17.2 Å². The zero-order chi connectivity index (χ0) is 24.5. The Kier molecular flexibility index (Phi) is 6.10. The van der Waals surface area contributed by atoms with Crippen LogP contribution in [0.3, 0.4) is 0 Å². The van der Waals surface area contributed by atoms with Gasteiger partial charge in [-0.1, -0.05) is 57.2 Å². The third-order valence-electron chi connectivity index (χ3n) is 6.35. The predicted molar refractivity (Wildman–Crippen MR) is 138 cm³/mol. The first-order chi connectivity index (χ1) is 16.8. The number of rotatable bonds is 5. The average molecular weight is 467 g/mol. The summed E-state index contributed by atoms with van der Waals surface area (Å²) in [6.07, 6.45) is 0. The Labute approximate surface area is 206 Å². The van der Waals surface area contributed by atoms with Crippen molar-refractivity contribution in [3.63, 3.8) is 0 Å². The van der Waals surface area contributed by atoms with E-state index in [9.17, 15) is 5.11 Å². The van der Waals surface area contributed by atoms with E-state index in [2.05, 4.69) is 57.2 Å². The van der Waals surface area contributed by atoms with Gasteiger partial charge in [0.2, 0.25) is 5.79 Å². The highest BCUT2D eigenvalue weighted by Gasteiger charge is 2.40. The van der Waals surface area contributed by atoms with Crippen LogP contribution in [-0.2, 0) is 20.7 Å². The smallest absolute Gasteiger partial charge is 0.222 e. The Morgan fingerprint density at radius 2 is 1.06 bits per heavy atom. The van der Waals surface area contributed by atoms with Crippen molar-refractivity contribution in [2.45, 2.75) is 32.0 Å². The molecule has 178 valence electrons. The molecule has 0 spiro atoms. The molecule has 4 aromatic carbocycles. The number of aromatic hydroxyl groups is 1. The zero-order valence-corrected chi connectivity index (χ0v) is 20.3. The first-order valence-corrected chi connectivity index (χ1v) is 11.9. The molecule has 1 aliphatic heterocycles. The van der Waals surface area contributed by atoms with E-state index in [0.29, 0.717) is 13.2 Å². The van der Waals surface area contributed by atoms with E-state index in [1.165, 1.54) is 11.1 Å². The second kappa shape index (κ2) is 9.21. The van der Waals surface area contributed by atoms with Crippen molar-refractivity contribution in [2.75, 3.05) is 13.2 Å². The molecule has 0 aliphatic carbocycles. The van der Waals surface area contributed by atoms with E-state index in [1.807, 2.05) is 48.5 Å². The number of phenols is 1. The Morgan fingerprint density at radius 3 is 1.54 bits per heavy atom. The summed E-state index contributed by atoms with van der Waals surface area (Å²) in [6, 6.07) is 31.6. The van der Waals surface area contributed by atoms with E-state index in [-0.39, 0.29) is 11.2 Å². The van der Waals surface area contributed by atoms with Gasteiger partial charge in [0.15, 0.2) is 0 Å². The molecule has 1 aliphatic rings. The highest BCUT2D eigenvalue weighted by molar-refractivity contribution is 5.64. The molecule has 4 nitrogen and oxygen atoms in total. The van der Waals surface area contributed by atoms with Crippen LogP contribution >= 0.6 is 0 Å². The van der Waals surface area contributed by atoms with Crippen LogP contribution < -0.4 is 4.74 Å². The first kappa shape index (κ1) is 23.2. The lowest BCUT2D eigenvalue weighted by Crippen LogP contribution is -2.28. The van der Waals surface area contributed by atoms with Crippen LogP contribution in [-0.4, -0.2) is 18.3 Å². The van der Waals surface area contributed by atoms with Crippen LogP contribution in [0.1, 0.15) is 37.5 Å². The van der Waals surface area contributed by atoms with Crippen molar-refractivity contribution in [3.05, 3.63) is 114 Å². The lowest BCUT2D eigenvalue weighted by molar-refractivity contribution is -0.129.